The number of imidazole rings is 1. The number of methoxy groups -OCH3 is 1. The summed E-state index contributed by atoms with van der Waals surface area (Å²) in [4.78, 5) is 17.6. The number of aromatic nitrogens is 3. The molecule has 0 bridgehead atoms. The molecule has 0 amide bonds. The average Bonchev–Trinajstić information content (AvgIpc) is 3.15. The Kier molecular flexibility index (Phi) is 6.98. The van der Waals surface area contributed by atoms with Gasteiger partial charge >= 0.3 is 0 Å². The van der Waals surface area contributed by atoms with Crippen molar-refractivity contribution in [1.82, 2.24) is 14.1 Å². The predicted octanol–water partition coefficient (Wildman–Crippen LogP) is 4.59. The highest BCUT2D eigenvalue weighted by atomic mass is 32.2. The van der Waals surface area contributed by atoms with E-state index in [1.807, 2.05) is 38.1 Å². The van der Waals surface area contributed by atoms with E-state index in [1.54, 1.807) is 7.11 Å². The molecule has 3 aromatic rings. The van der Waals surface area contributed by atoms with Crippen LogP contribution in [0.4, 0.5) is 0 Å². The topological polar surface area (TPSA) is 49.0 Å². The van der Waals surface area contributed by atoms with Crippen molar-refractivity contribution in [2.45, 2.75) is 45.9 Å². The lowest BCUT2D eigenvalue weighted by atomic mass is 10.2. The molecule has 0 fully saturated rings. The van der Waals surface area contributed by atoms with Crippen LogP contribution in [0.3, 0.4) is 0 Å². The van der Waals surface area contributed by atoms with Crippen molar-refractivity contribution < 1.29 is 9.53 Å². The van der Waals surface area contributed by atoms with Crippen LogP contribution in [0.2, 0.25) is 0 Å². The summed E-state index contributed by atoms with van der Waals surface area (Å²) < 4.78 is 9.56. The smallest absolute Gasteiger partial charge is 0.175 e. The van der Waals surface area contributed by atoms with Gasteiger partial charge in [0.05, 0.1) is 18.1 Å². The zero-order valence-electron chi connectivity index (χ0n) is 17.9. The Bertz CT molecular complexity index is 989. The molecular formula is C23H29N3O2S. The molecule has 1 aromatic carbocycles. The first-order valence-electron chi connectivity index (χ1n) is 9.81. The van der Waals surface area contributed by atoms with Gasteiger partial charge in [-0.2, -0.15) is 0 Å². The van der Waals surface area contributed by atoms with Crippen LogP contribution in [-0.4, -0.2) is 39.4 Å². The van der Waals surface area contributed by atoms with E-state index < -0.39 is 0 Å². The molecule has 0 aliphatic carbocycles. The van der Waals surface area contributed by atoms with Gasteiger partial charge in [0.25, 0.3) is 0 Å². The van der Waals surface area contributed by atoms with Gasteiger partial charge in [-0.15, -0.1) is 0 Å². The number of thioether (sulfide) groups is 1. The van der Waals surface area contributed by atoms with Crippen molar-refractivity contribution in [3.63, 3.8) is 0 Å². The van der Waals surface area contributed by atoms with Crippen LogP contribution in [0.5, 0.6) is 0 Å². The van der Waals surface area contributed by atoms with Gasteiger partial charge in [-0.25, -0.2) is 4.98 Å². The maximum atomic E-state index is 13.0. The number of carbonyl (C=O) groups is 1. The Morgan fingerprint density at radius 2 is 1.79 bits per heavy atom. The summed E-state index contributed by atoms with van der Waals surface area (Å²) in [5.41, 5.74) is 6.28. The number of nitrogens with zero attached hydrogens (tertiary/aromatic N) is 3. The molecule has 0 saturated heterocycles. The van der Waals surface area contributed by atoms with Crippen LogP contribution in [-0.2, 0) is 17.8 Å². The van der Waals surface area contributed by atoms with Crippen LogP contribution in [0.25, 0.3) is 0 Å². The second-order valence-corrected chi connectivity index (χ2v) is 8.22. The Labute approximate surface area is 177 Å². The second kappa shape index (κ2) is 9.46. The van der Waals surface area contributed by atoms with E-state index in [9.17, 15) is 4.79 Å². The maximum Gasteiger partial charge on any atom is 0.175 e. The fraction of sp³-hybridized carbons (Fsp3) is 0.391. The summed E-state index contributed by atoms with van der Waals surface area (Å²) in [5, 5.41) is 0.878. The van der Waals surface area contributed by atoms with Gasteiger partial charge in [0.1, 0.15) is 0 Å². The minimum Gasteiger partial charge on any atom is -0.383 e. The normalized spacial score (nSPS) is 11.2. The molecule has 0 spiro atoms. The first-order valence-corrected chi connectivity index (χ1v) is 10.8. The Hall–Kier alpha value is -2.31. The number of benzene rings is 1. The Morgan fingerprint density at radius 3 is 2.48 bits per heavy atom. The third-order valence-corrected chi connectivity index (χ3v) is 6.31. The van der Waals surface area contributed by atoms with E-state index in [0.717, 1.165) is 46.6 Å². The van der Waals surface area contributed by atoms with Gasteiger partial charge in [0, 0.05) is 42.8 Å². The number of aryl methyl sites for hydroxylation is 2. The standard InChI is InChI=1S/C23H29N3O2S/c1-16-13-21(19(4)26(16)14-20-9-7-6-8-10-20)22(27)15-29-23-24-17(2)18(3)25(23)11-12-28-5/h6-10,13H,11-12,14-15H2,1-5H3. The Balaban J connectivity index is 1.74. The van der Waals surface area contributed by atoms with Gasteiger partial charge in [-0.3, -0.25) is 4.79 Å². The molecule has 0 aliphatic rings. The van der Waals surface area contributed by atoms with Gasteiger partial charge in [0.15, 0.2) is 10.9 Å². The molecule has 2 aromatic heterocycles. The zero-order valence-corrected chi connectivity index (χ0v) is 18.7. The quantitative estimate of drug-likeness (QED) is 0.382. The van der Waals surface area contributed by atoms with Crippen LogP contribution < -0.4 is 0 Å². The number of rotatable bonds is 9. The number of hydrogen-bond acceptors (Lipinski definition) is 4. The highest BCUT2D eigenvalue weighted by Crippen LogP contribution is 2.24. The summed E-state index contributed by atoms with van der Waals surface area (Å²) in [6.45, 7) is 10.3. The molecule has 0 unspecified atom stereocenters. The molecule has 0 aliphatic heterocycles. The van der Waals surface area contributed by atoms with Crippen molar-refractivity contribution >= 4 is 17.5 Å². The molecule has 5 nitrogen and oxygen atoms in total. The fourth-order valence-electron chi connectivity index (χ4n) is 3.48. The summed E-state index contributed by atoms with van der Waals surface area (Å²) in [7, 11) is 1.70. The number of ether oxygens (including phenoxy) is 1. The number of ketones is 1. The molecule has 29 heavy (non-hydrogen) atoms. The lowest BCUT2D eigenvalue weighted by molar-refractivity contribution is 0.102. The minimum atomic E-state index is 0.138. The molecular weight excluding hydrogens is 382 g/mol. The second-order valence-electron chi connectivity index (χ2n) is 7.28. The molecule has 0 radical (unpaired) electrons. The van der Waals surface area contributed by atoms with Gasteiger partial charge < -0.3 is 13.9 Å². The van der Waals surface area contributed by atoms with Crippen LogP contribution in [0.15, 0.2) is 41.6 Å². The third kappa shape index (κ3) is 4.82. The first-order chi connectivity index (χ1) is 13.9. The fourth-order valence-corrected chi connectivity index (χ4v) is 4.48. The molecule has 0 N–H and O–H groups in total. The number of hydrogen-bond donors (Lipinski definition) is 0. The van der Waals surface area contributed by atoms with Gasteiger partial charge in [-0.05, 0) is 39.3 Å². The number of Topliss-reactive ketones (excluding diaryl/α,β-unsaturated/α-hetero) is 1. The van der Waals surface area contributed by atoms with E-state index >= 15 is 0 Å². The van der Waals surface area contributed by atoms with E-state index in [1.165, 1.54) is 17.3 Å². The monoisotopic (exact) mass is 411 g/mol. The lowest BCUT2D eigenvalue weighted by Gasteiger charge is -2.10. The van der Waals surface area contributed by atoms with Crippen molar-refractivity contribution in [3.8, 4) is 0 Å². The summed E-state index contributed by atoms with van der Waals surface area (Å²) in [5.74, 6) is 0.511. The van der Waals surface area contributed by atoms with Crippen molar-refractivity contribution in [1.29, 1.82) is 0 Å². The predicted molar refractivity (Wildman–Crippen MR) is 118 cm³/mol. The van der Waals surface area contributed by atoms with Crippen molar-refractivity contribution in [3.05, 3.63) is 70.3 Å². The Morgan fingerprint density at radius 1 is 1.07 bits per heavy atom. The highest BCUT2D eigenvalue weighted by Gasteiger charge is 2.18. The molecule has 3 rings (SSSR count). The van der Waals surface area contributed by atoms with E-state index in [-0.39, 0.29) is 5.78 Å². The average molecular weight is 412 g/mol. The number of carbonyl (C=O) groups excluding carboxylic acids is 1. The largest absolute Gasteiger partial charge is 0.383 e. The van der Waals surface area contributed by atoms with Crippen LogP contribution in [0, 0.1) is 27.7 Å². The summed E-state index contributed by atoms with van der Waals surface area (Å²) in [6, 6.07) is 12.3. The SMILES string of the molecule is COCCn1c(SCC(=O)c2cc(C)n(Cc3ccccc3)c2C)nc(C)c1C. The molecule has 0 atom stereocenters. The third-order valence-electron chi connectivity index (χ3n) is 5.33. The molecule has 2 heterocycles. The molecule has 154 valence electrons. The molecule has 0 saturated carbocycles. The van der Waals surface area contributed by atoms with Crippen molar-refractivity contribution in [2.24, 2.45) is 0 Å². The highest BCUT2D eigenvalue weighted by molar-refractivity contribution is 7.99. The van der Waals surface area contributed by atoms with Crippen LogP contribution in [0.1, 0.15) is 38.7 Å². The van der Waals surface area contributed by atoms with Crippen molar-refractivity contribution in [2.75, 3.05) is 19.5 Å². The van der Waals surface area contributed by atoms with Gasteiger partial charge in [0.2, 0.25) is 0 Å². The van der Waals surface area contributed by atoms with Gasteiger partial charge in [-0.1, -0.05) is 42.1 Å². The lowest BCUT2D eigenvalue weighted by Crippen LogP contribution is -2.10. The summed E-state index contributed by atoms with van der Waals surface area (Å²) in [6.07, 6.45) is 0. The molecule has 6 heteroatoms. The zero-order chi connectivity index (χ0) is 21.0. The van der Waals surface area contributed by atoms with E-state index in [0.29, 0.717) is 12.4 Å². The van der Waals surface area contributed by atoms with Crippen LogP contribution >= 0.6 is 11.8 Å². The maximum absolute atomic E-state index is 13.0. The first kappa shape index (κ1) is 21.4. The van der Waals surface area contributed by atoms with E-state index in [4.69, 9.17) is 4.74 Å². The minimum absolute atomic E-state index is 0.138. The summed E-state index contributed by atoms with van der Waals surface area (Å²) >= 11 is 1.50. The van der Waals surface area contributed by atoms with E-state index in [2.05, 4.69) is 40.1 Å².